The van der Waals surface area contributed by atoms with E-state index in [0.29, 0.717) is 41.0 Å². The van der Waals surface area contributed by atoms with Crippen LogP contribution in [0.4, 0.5) is 16.2 Å². The lowest BCUT2D eigenvalue weighted by Gasteiger charge is -2.31. The molecule has 2 heterocycles. The summed E-state index contributed by atoms with van der Waals surface area (Å²) in [5, 5.41) is 15.2. The van der Waals surface area contributed by atoms with E-state index < -0.39 is 0 Å². The Bertz CT molecular complexity index is 1110. The first kappa shape index (κ1) is 22.5. The summed E-state index contributed by atoms with van der Waals surface area (Å²) in [4.78, 5) is 27.0. The van der Waals surface area contributed by atoms with E-state index in [0.717, 1.165) is 17.8 Å². The van der Waals surface area contributed by atoms with Crippen LogP contribution in [0, 0.1) is 0 Å². The van der Waals surface area contributed by atoms with Gasteiger partial charge in [-0.05, 0) is 37.1 Å². The number of carbonyl (C=O) groups is 2. The van der Waals surface area contributed by atoms with Crippen molar-refractivity contribution in [3.05, 3.63) is 58.5 Å². The fourth-order valence-electron chi connectivity index (χ4n) is 3.63. The van der Waals surface area contributed by atoms with Crippen LogP contribution in [0.15, 0.2) is 48.5 Å². The molecule has 0 unspecified atom stereocenters. The van der Waals surface area contributed by atoms with Crippen LogP contribution < -0.4 is 20.1 Å². The van der Waals surface area contributed by atoms with Crippen LogP contribution in [0.5, 0.6) is 11.5 Å². The number of hydrogen-bond acceptors (Lipinski definition) is 7. The molecule has 0 bridgehead atoms. The highest BCUT2D eigenvalue weighted by Crippen LogP contribution is 2.32. The molecule has 0 spiro atoms. The van der Waals surface area contributed by atoms with Gasteiger partial charge in [-0.3, -0.25) is 4.79 Å². The summed E-state index contributed by atoms with van der Waals surface area (Å²) in [6, 6.07) is 14.3. The van der Waals surface area contributed by atoms with E-state index in [1.54, 1.807) is 37.3 Å². The predicted molar refractivity (Wildman–Crippen MR) is 126 cm³/mol. The van der Waals surface area contributed by atoms with Crippen LogP contribution in [-0.4, -0.2) is 54.3 Å². The number of piperidine rings is 1. The fraction of sp³-hybridized carbons (Fsp3) is 0.304. The molecule has 1 aliphatic heterocycles. The van der Waals surface area contributed by atoms with Gasteiger partial charge in [-0.2, -0.15) is 0 Å². The molecular formula is C23H25N5O4S. The summed E-state index contributed by atoms with van der Waals surface area (Å²) < 4.78 is 10.6. The number of hydrogen-bond donors (Lipinski definition) is 2. The number of amides is 3. The molecule has 33 heavy (non-hydrogen) atoms. The van der Waals surface area contributed by atoms with Gasteiger partial charge in [-0.1, -0.05) is 29.5 Å². The number of benzene rings is 2. The van der Waals surface area contributed by atoms with E-state index in [-0.39, 0.29) is 17.9 Å². The lowest BCUT2D eigenvalue weighted by atomic mass is 9.98. The van der Waals surface area contributed by atoms with Gasteiger partial charge in [0, 0.05) is 30.8 Å². The second-order valence-corrected chi connectivity index (χ2v) is 8.53. The van der Waals surface area contributed by atoms with Gasteiger partial charge >= 0.3 is 6.03 Å². The maximum atomic E-state index is 12.8. The zero-order valence-corrected chi connectivity index (χ0v) is 19.2. The Morgan fingerprint density at radius 1 is 1.00 bits per heavy atom. The quantitative estimate of drug-likeness (QED) is 0.562. The lowest BCUT2D eigenvalue weighted by molar-refractivity contribution is 0.102. The number of nitrogens with one attached hydrogen (secondary N) is 2. The average molecular weight is 468 g/mol. The van der Waals surface area contributed by atoms with Crippen molar-refractivity contribution in [1.82, 2.24) is 15.1 Å². The molecule has 1 saturated heterocycles. The third kappa shape index (κ3) is 5.40. The maximum Gasteiger partial charge on any atom is 0.321 e. The zero-order chi connectivity index (χ0) is 23.2. The lowest BCUT2D eigenvalue weighted by Crippen LogP contribution is -2.40. The van der Waals surface area contributed by atoms with E-state index >= 15 is 0 Å². The molecule has 0 radical (unpaired) electrons. The van der Waals surface area contributed by atoms with Crippen molar-refractivity contribution in [3.8, 4) is 11.5 Å². The average Bonchev–Trinajstić information content (AvgIpc) is 3.35. The van der Waals surface area contributed by atoms with Gasteiger partial charge < -0.3 is 25.0 Å². The highest BCUT2D eigenvalue weighted by atomic mass is 32.1. The topological polar surface area (TPSA) is 106 Å². The molecule has 2 aromatic carbocycles. The molecular weight excluding hydrogens is 442 g/mol. The molecule has 3 amide bonds. The second-order valence-electron chi connectivity index (χ2n) is 7.52. The maximum absolute atomic E-state index is 12.8. The molecule has 2 N–H and O–H groups in total. The van der Waals surface area contributed by atoms with Crippen molar-refractivity contribution in [3.63, 3.8) is 0 Å². The molecule has 1 aliphatic rings. The molecule has 1 aromatic heterocycles. The van der Waals surface area contributed by atoms with E-state index in [9.17, 15) is 9.59 Å². The summed E-state index contributed by atoms with van der Waals surface area (Å²) in [7, 11) is 3.13. The second kappa shape index (κ2) is 10.3. The van der Waals surface area contributed by atoms with Gasteiger partial charge in [0.2, 0.25) is 5.01 Å². The molecule has 9 nitrogen and oxygen atoms in total. The van der Waals surface area contributed by atoms with E-state index in [2.05, 4.69) is 20.8 Å². The van der Waals surface area contributed by atoms with Gasteiger partial charge in [0.1, 0.15) is 16.5 Å². The minimum atomic E-state index is -0.269. The normalized spacial score (nSPS) is 13.9. The van der Waals surface area contributed by atoms with Crippen LogP contribution in [0.25, 0.3) is 0 Å². The smallest absolute Gasteiger partial charge is 0.321 e. The summed E-state index contributed by atoms with van der Waals surface area (Å²) in [5.41, 5.74) is 1.27. The highest BCUT2D eigenvalue weighted by molar-refractivity contribution is 7.13. The molecule has 3 aromatic rings. The van der Waals surface area contributed by atoms with Crippen LogP contribution in [0.2, 0.25) is 0 Å². The van der Waals surface area contributed by atoms with Gasteiger partial charge in [0.15, 0.2) is 0 Å². The number of aromatic nitrogens is 2. The first-order valence-corrected chi connectivity index (χ1v) is 11.4. The molecule has 1 fully saturated rings. The number of methoxy groups -OCH3 is 2. The molecule has 0 atom stereocenters. The van der Waals surface area contributed by atoms with Crippen molar-refractivity contribution in [1.29, 1.82) is 0 Å². The molecule has 0 saturated carbocycles. The van der Waals surface area contributed by atoms with Crippen molar-refractivity contribution >= 4 is 34.6 Å². The zero-order valence-electron chi connectivity index (χ0n) is 18.4. The van der Waals surface area contributed by atoms with Crippen LogP contribution in [0.1, 0.15) is 33.6 Å². The minimum Gasteiger partial charge on any atom is -0.497 e. The van der Waals surface area contributed by atoms with Crippen molar-refractivity contribution in [2.45, 2.75) is 18.8 Å². The van der Waals surface area contributed by atoms with Crippen LogP contribution in [0.3, 0.4) is 0 Å². The van der Waals surface area contributed by atoms with E-state index in [4.69, 9.17) is 9.47 Å². The molecule has 0 aliphatic carbocycles. The van der Waals surface area contributed by atoms with Gasteiger partial charge in [-0.25, -0.2) is 4.79 Å². The number of urea groups is 1. The van der Waals surface area contributed by atoms with Crippen LogP contribution >= 0.6 is 11.3 Å². The third-order valence-corrected chi connectivity index (χ3v) is 6.53. The van der Waals surface area contributed by atoms with Gasteiger partial charge in [0.05, 0.1) is 19.9 Å². The molecule has 172 valence electrons. The SMILES string of the molecule is COc1ccc(OC)c(NC(=O)N2CCC(c3nnc(C(=O)Nc4ccccc4)s3)CC2)c1. The monoisotopic (exact) mass is 467 g/mol. The van der Waals surface area contributed by atoms with E-state index in [1.165, 1.54) is 11.3 Å². The number of likely N-dealkylation sites (tertiary alicyclic amines) is 1. The van der Waals surface area contributed by atoms with Crippen molar-refractivity contribution in [2.75, 3.05) is 37.9 Å². The highest BCUT2D eigenvalue weighted by Gasteiger charge is 2.27. The Morgan fingerprint density at radius 2 is 1.76 bits per heavy atom. The number of nitrogens with zero attached hydrogens (tertiary/aromatic N) is 3. The number of para-hydroxylation sites is 1. The third-order valence-electron chi connectivity index (χ3n) is 5.45. The Morgan fingerprint density at radius 3 is 2.45 bits per heavy atom. The predicted octanol–water partition coefficient (Wildman–Crippen LogP) is 4.22. The first-order valence-electron chi connectivity index (χ1n) is 10.5. The number of anilines is 2. The Labute approximate surface area is 195 Å². The summed E-state index contributed by atoms with van der Waals surface area (Å²) in [6.45, 7) is 1.15. The Hall–Kier alpha value is -3.66. The standard InChI is InChI=1S/C23H25N5O4S/c1-31-17-8-9-19(32-2)18(14-17)25-23(30)28-12-10-15(11-13-28)21-26-27-22(33-21)20(29)24-16-6-4-3-5-7-16/h3-9,14-15H,10-13H2,1-2H3,(H,24,29)(H,25,30). The summed E-state index contributed by atoms with van der Waals surface area (Å²) in [5.74, 6) is 1.09. The minimum absolute atomic E-state index is 0.163. The van der Waals surface area contributed by atoms with E-state index in [1.807, 2.05) is 30.3 Å². The van der Waals surface area contributed by atoms with Crippen LogP contribution in [-0.2, 0) is 0 Å². The van der Waals surface area contributed by atoms with Crippen molar-refractivity contribution < 1.29 is 19.1 Å². The Balaban J connectivity index is 1.33. The summed E-state index contributed by atoms with van der Waals surface area (Å²) in [6.07, 6.45) is 1.50. The first-order chi connectivity index (χ1) is 16.1. The fourth-order valence-corrected chi connectivity index (χ4v) is 4.54. The van der Waals surface area contributed by atoms with Crippen molar-refractivity contribution in [2.24, 2.45) is 0 Å². The molecule has 4 rings (SSSR count). The van der Waals surface area contributed by atoms with Gasteiger partial charge in [0.25, 0.3) is 5.91 Å². The Kier molecular flexibility index (Phi) is 7.04. The number of carbonyl (C=O) groups excluding carboxylic acids is 2. The van der Waals surface area contributed by atoms with Gasteiger partial charge in [-0.15, -0.1) is 10.2 Å². The summed E-state index contributed by atoms with van der Waals surface area (Å²) >= 11 is 1.30. The largest absolute Gasteiger partial charge is 0.497 e. The molecule has 10 heteroatoms. The number of rotatable bonds is 6. The number of ether oxygens (including phenoxy) is 2.